The van der Waals surface area contributed by atoms with Gasteiger partial charge in [0.25, 0.3) is 11.8 Å². The van der Waals surface area contributed by atoms with Crippen LogP contribution in [-0.2, 0) is 16.0 Å². The maximum absolute atomic E-state index is 14.7. The van der Waals surface area contributed by atoms with Gasteiger partial charge in [-0.3, -0.25) is 9.59 Å². The lowest BCUT2D eigenvalue weighted by atomic mass is 9.86. The van der Waals surface area contributed by atoms with Crippen LogP contribution in [0.3, 0.4) is 0 Å². The molecule has 0 aliphatic carbocycles. The number of nitrogens with one attached hydrogen (secondary N) is 1. The van der Waals surface area contributed by atoms with E-state index in [0.29, 0.717) is 17.7 Å². The smallest absolute Gasteiger partial charge is 0.335 e. The summed E-state index contributed by atoms with van der Waals surface area (Å²) in [6.45, 7) is 0.113. The number of rotatable bonds is 6. The summed E-state index contributed by atoms with van der Waals surface area (Å²) in [7, 11) is 0. The molecule has 2 aliphatic heterocycles. The first-order valence-electron chi connectivity index (χ1n) is 13.8. The Morgan fingerprint density at radius 2 is 1.82 bits per heavy atom. The van der Waals surface area contributed by atoms with E-state index >= 15 is 0 Å². The fraction of sp³-hybridized carbons (Fsp3) is 0.156. The molecular formula is C32H23ClFN7O4. The number of aromatic nitrogens is 1. The van der Waals surface area contributed by atoms with Crippen LogP contribution in [0.5, 0.6) is 0 Å². The van der Waals surface area contributed by atoms with E-state index in [0.717, 1.165) is 16.7 Å². The number of pyridine rings is 1. The standard InChI is InChI=1S/C32H23ClFN7O4/c33-25-5-2-6-27(28(25)34)41-17-26(38-39-41)31(43)40-14-13-23-22(19-9-12-21(15-35)36-16-19)3-1-4-24(23)29(40)30(42)37-20-10-7-18(8-11-20)32(44)45/h1-12,16,26,29H,13-14,17H2,(H,37,42)(H,44,45). The number of carbonyl (C=O) groups is 3. The fourth-order valence-corrected chi connectivity index (χ4v) is 5.67. The lowest BCUT2D eigenvalue weighted by Gasteiger charge is -2.38. The number of aromatic carboxylic acids is 1. The predicted molar refractivity (Wildman–Crippen MR) is 162 cm³/mol. The summed E-state index contributed by atoms with van der Waals surface area (Å²) in [6.07, 6.45) is 2.00. The summed E-state index contributed by atoms with van der Waals surface area (Å²) in [6, 6.07) is 18.9. The highest BCUT2D eigenvalue weighted by Crippen LogP contribution is 2.38. The quantitative estimate of drug-likeness (QED) is 0.290. The Bertz CT molecular complexity index is 1890. The first kappa shape index (κ1) is 29.4. The van der Waals surface area contributed by atoms with Crippen molar-refractivity contribution >= 4 is 40.8 Å². The number of amides is 2. The molecule has 3 heterocycles. The molecule has 3 aromatic carbocycles. The van der Waals surface area contributed by atoms with Gasteiger partial charge in [0.15, 0.2) is 11.9 Å². The lowest BCUT2D eigenvalue weighted by Crippen LogP contribution is -2.49. The van der Waals surface area contributed by atoms with Crippen molar-refractivity contribution in [3.8, 4) is 17.2 Å². The molecule has 6 rings (SSSR count). The Morgan fingerprint density at radius 3 is 2.53 bits per heavy atom. The lowest BCUT2D eigenvalue weighted by molar-refractivity contribution is -0.140. The molecule has 11 nitrogen and oxygen atoms in total. The number of hydrogen-bond donors (Lipinski definition) is 2. The molecule has 0 spiro atoms. The summed E-state index contributed by atoms with van der Waals surface area (Å²) in [5.41, 5.74) is 3.73. The second-order valence-corrected chi connectivity index (χ2v) is 10.8. The number of anilines is 2. The minimum atomic E-state index is -1.10. The molecule has 4 aromatic rings. The van der Waals surface area contributed by atoms with Gasteiger partial charge in [0, 0.05) is 24.0 Å². The number of carbonyl (C=O) groups excluding carboxylic acids is 2. The van der Waals surface area contributed by atoms with Crippen molar-refractivity contribution in [2.75, 3.05) is 23.4 Å². The molecule has 2 aliphatic rings. The third-order valence-corrected chi connectivity index (χ3v) is 7.97. The molecule has 45 heavy (non-hydrogen) atoms. The highest BCUT2D eigenvalue weighted by Gasteiger charge is 2.41. The highest BCUT2D eigenvalue weighted by atomic mass is 35.5. The molecule has 224 valence electrons. The molecule has 0 saturated heterocycles. The summed E-state index contributed by atoms with van der Waals surface area (Å²) < 4.78 is 14.7. The first-order valence-corrected chi connectivity index (χ1v) is 14.2. The molecule has 2 atom stereocenters. The topological polar surface area (TPSA) is 151 Å². The number of nitrogens with zero attached hydrogens (tertiary/aromatic N) is 6. The maximum Gasteiger partial charge on any atom is 0.335 e. The number of fused-ring (bicyclic) bond motifs is 1. The third-order valence-electron chi connectivity index (χ3n) is 7.68. The van der Waals surface area contributed by atoms with Gasteiger partial charge in [0.1, 0.15) is 17.8 Å². The van der Waals surface area contributed by atoms with Crippen LogP contribution in [0.15, 0.2) is 89.3 Å². The van der Waals surface area contributed by atoms with E-state index in [4.69, 9.17) is 16.9 Å². The van der Waals surface area contributed by atoms with Gasteiger partial charge in [-0.15, -0.1) is 0 Å². The fourth-order valence-electron chi connectivity index (χ4n) is 5.50. The summed E-state index contributed by atoms with van der Waals surface area (Å²) >= 11 is 5.94. The number of halogens is 2. The molecule has 13 heteroatoms. The monoisotopic (exact) mass is 623 g/mol. The van der Waals surface area contributed by atoms with Gasteiger partial charge in [-0.05, 0) is 71.6 Å². The number of carboxylic acids is 1. The van der Waals surface area contributed by atoms with Gasteiger partial charge in [-0.1, -0.05) is 41.1 Å². The van der Waals surface area contributed by atoms with Crippen LogP contribution in [0, 0.1) is 17.1 Å². The zero-order valence-corrected chi connectivity index (χ0v) is 24.1. The van der Waals surface area contributed by atoms with Crippen LogP contribution in [-0.4, -0.2) is 51.9 Å². The van der Waals surface area contributed by atoms with Gasteiger partial charge in [-0.2, -0.15) is 10.4 Å². The highest BCUT2D eigenvalue weighted by molar-refractivity contribution is 6.31. The average molecular weight is 624 g/mol. The summed E-state index contributed by atoms with van der Waals surface area (Å²) in [5, 5.41) is 30.5. The van der Waals surface area contributed by atoms with E-state index in [-0.39, 0.29) is 35.1 Å². The third kappa shape index (κ3) is 5.69. The Labute approximate surface area is 261 Å². The molecule has 1 aromatic heterocycles. The van der Waals surface area contributed by atoms with E-state index in [9.17, 15) is 23.9 Å². The van der Waals surface area contributed by atoms with Crippen LogP contribution in [0.4, 0.5) is 15.8 Å². The summed E-state index contributed by atoms with van der Waals surface area (Å²) in [4.78, 5) is 44.9. The molecular weight excluding hydrogens is 601 g/mol. The van der Waals surface area contributed by atoms with E-state index in [1.807, 2.05) is 12.1 Å². The number of carboxylic acid groups (broad SMARTS) is 1. The Kier molecular flexibility index (Phi) is 7.93. The molecule has 2 N–H and O–H groups in total. The first-order chi connectivity index (χ1) is 21.7. The minimum absolute atomic E-state index is 0.0542. The molecule has 0 bridgehead atoms. The Balaban J connectivity index is 1.34. The van der Waals surface area contributed by atoms with E-state index in [2.05, 4.69) is 20.6 Å². The predicted octanol–water partition coefficient (Wildman–Crippen LogP) is 5.43. The van der Waals surface area contributed by atoms with Gasteiger partial charge in [0.05, 0.1) is 22.8 Å². The average Bonchev–Trinajstić information content (AvgIpc) is 3.55. The van der Waals surface area contributed by atoms with E-state index in [1.165, 1.54) is 46.3 Å². The number of nitriles is 1. The van der Waals surface area contributed by atoms with Crippen molar-refractivity contribution in [1.29, 1.82) is 5.26 Å². The number of hydrogen-bond acceptors (Lipinski definition) is 8. The molecule has 0 fully saturated rings. The molecule has 2 amide bonds. The SMILES string of the molecule is N#Cc1ccc(-c2cccc3c2CCN(C(=O)C2CN(c4cccc(Cl)c4F)N=N2)C3C(=O)Nc2ccc(C(=O)O)cc2)cn1. The number of benzene rings is 3. The molecule has 2 unspecified atom stereocenters. The maximum atomic E-state index is 14.7. The van der Waals surface area contributed by atoms with Crippen molar-refractivity contribution in [3.05, 3.63) is 112 Å². The van der Waals surface area contributed by atoms with Crippen LogP contribution in [0.1, 0.15) is 33.2 Å². The second kappa shape index (κ2) is 12.1. The van der Waals surface area contributed by atoms with Crippen molar-refractivity contribution < 1.29 is 23.9 Å². The van der Waals surface area contributed by atoms with Crippen LogP contribution < -0.4 is 10.3 Å². The molecule has 0 saturated carbocycles. The minimum Gasteiger partial charge on any atom is -0.478 e. The van der Waals surface area contributed by atoms with Gasteiger partial charge in [0.2, 0.25) is 0 Å². The van der Waals surface area contributed by atoms with Gasteiger partial charge < -0.3 is 15.3 Å². The van der Waals surface area contributed by atoms with Crippen LogP contribution in [0.25, 0.3) is 11.1 Å². The van der Waals surface area contributed by atoms with Crippen LogP contribution in [0.2, 0.25) is 5.02 Å². The summed E-state index contributed by atoms with van der Waals surface area (Å²) in [5.74, 6) is -2.78. The zero-order valence-electron chi connectivity index (χ0n) is 23.4. The van der Waals surface area contributed by atoms with Crippen molar-refractivity contribution in [2.24, 2.45) is 10.3 Å². The van der Waals surface area contributed by atoms with Crippen LogP contribution >= 0.6 is 11.6 Å². The van der Waals surface area contributed by atoms with E-state index in [1.54, 1.807) is 36.5 Å². The zero-order chi connectivity index (χ0) is 31.7. The Hall–Kier alpha value is -5.67. The normalized spacial score (nSPS) is 17.0. The van der Waals surface area contributed by atoms with Crippen molar-refractivity contribution in [2.45, 2.75) is 18.5 Å². The van der Waals surface area contributed by atoms with Gasteiger partial charge in [-0.25, -0.2) is 19.2 Å². The van der Waals surface area contributed by atoms with E-state index < -0.39 is 35.7 Å². The molecule has 0 radical (unpaired) electrons. The van der Waals surface area contributed by atoms with Crippen molar-refractivity contribution in [1.82, 2.24) is 9.88 Å². The van der Waals surface area contributed by atoms with Crippen molar-refractivity contribution in [3.63, 3.8) is 0 Å². The Morgan fingerprint density at radius 1 is 1.04 bits per heavy atom. The largest absolute Gasteiger partial charge is 0.478 e. The van der Waals surface area contributed by atoms with Gasteiger partial charge >= 0.3 is 5.97 Å². The second-order valence-electron chi connectivity index (χ2n) is 10.3.